The van der Waals surface area contributed by atoms with Crippen LogP contribution in [0, 0.1) is 0 Å². The van der Waals surface area contributed by atoms with Crippen LogP contribution in [0.15, 0.2) is 30.3 Å². The molecule has 2 rings (SSSR count). The van der Waals surface area contributed by atoms with Crippen molar-refractivity contribution >= 4 is 22.6 Å². The van der Waals surface area contributed by atoms with Crippen LogP contribution < -0.4 is 5.32 Å². The van der Waals surface area contributed by atoms with Gasteiger partial charge >= 0.3 is 0 Å². The van der Waals surface area contributed by atoms with Crippen LogP contribution in [0.1, 0.15) is 24.2 Å². The van der Waals surface area contributed by atoms with Crippen molar-refractivity contribution in [3.8, 4) is 0 Å². The average Bonchev–Trinajstić information content (AvgIpc) is 2.45. The van der Waals surface area contributed by atoms with E-state index in [1.54, 1.807) is 20.0 Å². The smallest absolute Gasteiger partial charge is 0.254 e. The molecule has 1 aromatic heterocycles. The van der Waals surface area contributed by atoms with Crippen molar-refractivity contribution in [1.82, 2.24) is 9.88 Å². The third-order valence-corrected chi connectivity index (χ3v) is 3.19. The second-order valence-electron chi connectivity index (χ2n) is 5.14. The molecule has 2 aromatic rings. The summed E-state index contributed by atoms with van der Waals surface area (Å²) in [6.07, 6.45) is -0.555. The van der Waals surface area contributed by atoms with Crippen molar-refractivity contribution in [2.75, 3.05) is 25.5 Å². The van der Waals surface area contributed by atoms with E-state index in [2.05, 4.69) is 10.3 Å². The zero-order valence-electron chi connectivity index (χ0n) is 12.6. The summed E-state index contributed by atoms with van der Waals surface area (Å²) >= 11 is 0. The van der Waals surface area contributed by atoms with Gasteiger partial charge in [0, 0.05) is 25.5 Å². The van der Waals surface area contributed by atoms with E-state index in [0.29, 0.717) is 17.9 Å². The molecule has 1 heterocycles. The summed E-state index contributed by atoms with van der Waals surface area (Å²) < 4.78 is 0. The molecule has 1 atom stereocenters. The minimum Gasteiger partial charge on any atom is -0.392 e. The lowest BCUT2D eigenvalue weighted by atomic mass is 10.1. The van der Waals surface area contributed by atoms with E-state index >= 15 is 0 Å². The number of para-hydroxylation sites is 1. The van der Waals surface area contributed by atoms with Gasteiger partial charge in [-0.15, -0.1) is 0 Å². The van der Waals surface area contributed by atoms with Crippen molar-refractivity contribution in [2.45, 2.75) is 20.0 Å². The van der Waals surface area contributed by atoms with E-state index in [-0.39, 0.29) is 5.91 Å². The Morgan fingerprint density at radius 3 is 2.81 bits per heavy atom. The van der Waals surface area contributed by atoms with Gasteiger partial charge in [-0.1, -0.05) is 18.2 Å². The SMILES string of the molecule is CCNc1cc(C(=O)N(C)CC(C)O)c2ccccc2n1. The molecule has 5 nitrogen and oxygen atoms in total. The predicted octanol–water partition coefficient (Wildman–Crippen LogP) is 2.12. The fraction of sp³-hybridized carbons (Fsp3) is 0.375. The molecule has 0 bridgehead atoms. The monoisotopic (exact) mass is 287 g/mol. The van der Waals surface area contributed by atoms with E-state index in [9.17, 15) is 9.90 Å². The van der Waals surface area contributed by atoms with Gasteiger partial charge in [-0.05, 0) is 26.0 Å². The Kier molecular flexibility index (Phi) is 4.75. The van der Waals surface area contributed by atoms with Crippen molar-refractivity contribution in [2.24, 2.45) is 0 Å². The minimum absolute atomic E-state index is 0.117. The molecule has 0 fully saturated rings. The number of amides is 1. The van der Waals surface area contributed by atoms with Crippen LogP contribution in [-0.2, 0) is 0 Å². The summed E-state index contributed by atoms with van der Waals surface area (Å²) in [6, 6.07) is 9.34. The lowest BCUT2D eigenvalue weighted by Gasteiger charge is -2.20. The largest absolute Gasteiger partial charge is 0.392 e. The zero-order chi connectivity index (χ0) is 15.4. The highest BCUT2D eigenvalue weighted by Gasteiger charge is 2.17. The topological polar surface area (TPSA) is 65.5 Å². The fourth-order valence-electron chi connectivity index (χ4n) is 2.31. The second kappa shape index (κ2) is 6.54. The quantitative estimate of drug-likeness (QED) is 0.884. The van der Waals surface area contributed by atoms with Crippen LogP contribution in [-0.4, -0.2) is 47.1 Å². The standard InChI is InChI=1S/C16H21N3O2/c1-4-17-15-9-13(16(21)19(3)10-11(2)20)12-7-5-6-8-14(12)18-15/h5-9,11,20H,4,10H2,1-3H3,(H,17,18). The van der Waals surface area contributed by atoms with Crippen LogP contribution in [0.5, 0.6) is 0 Å². The summed E-state index contributed by atoms with van der Waals surface area (Å²) in [6.45, 7) is 4.69. The predicted molar refractivity (Wildman–Crippen MR) is 84.5 cm³/mol. The zero-order valence-corrected chi connectivity index (χ0v) is 12.6. The first-order valence-electron chi connectivity index (χ1n) is 7.10. The van der Waals surface area contributed by atoms with Gasteiger partial charge in [0.25, 0.3) is 5.91 Å². The number of aromatic nitrogens is 1. The molecule has 0 saturated heterocycles. The molecule has 21 heavy (non-hydrogen) atoms. The lowest BCUT2D eigenvalue weighted by molar-refractivity contribution is 0.0705. The number of hydrogen-bond donors (Lipinski definition) is 2. The molecule has 0 spiro atoms. The van der Waals surface area contributed by atoms with Crippen LogP contribution in [0.3, 0.4) is 0 Å². The molecule has 1 amide bonds. The van der Waals surface area contributed by atoms with Gasteiger partial charge in [0.15, 0.2) is 0 Å². The number of likely N-dealkylation sites (N-methyl/N-ethyl adjacent to an activating group) is 1. The number of fused-ring (bicyclic) bond motifs is 1. The van der Waals surface area contributed by atoms with Crippen LogP contribution in [0.25, 0.3) is 10.9 Å². The van der Waals surface area contributed by atoms with E-state index in [0.717, 1.165) is 17.4 Å². The highest BCUT2D eigenvalue weighted by molar-refractivity contribution is 6.06. The molecule has 1 aromatic carbocycles. The Labute approximate surface area is 124 Å². The van der Waals surface area contributed by atoms with Crippen LogP contribution in [0.2, 0.25) is 0 Å². The van der Waals surface area contributed by atoms with Gasteiger partial charge in [0.1, 0.15) is 5.82 Å². The summed E-state index contributed by atoms with van der Waals surface area (Å²) in [7, 11) is 1.69. The minimum atomic E-state index is -0.555. The van der Waals surface area contributed by atoms with Gasteiger partial charge in [-0.25, -0.2) is 4.98 Å². The highest BCUT2D eigenvalue weighted by atomic mass is 16.3. The van der Waals surface area contributed by atoms with Gasteiger partial charge in [0.2, 0.25) is 0 Å². The van der Waals surface area contributed by atoms with Crippen LogP contribution >= 0.6 is 0 Å². The van der Waals surface area contributed by atoms with Crippen molar-refractivity contribution in [3.63, 3.8) is 0 Å². The molecule has 0 saturated carbocycles. The maximum Gasteiger partial charge on any atom is 0.254 e. The maximum atomic E-state index is 12.6. The Morgan fingerprint density at radius 1 is 1.43 bits per heavy atom. The maximum absolute atomic E-state index is 12.6. The Hall–Kier alpha value is -2.14. The summed E-state index contributed by atoms with van der Waals surface area (Å²) in [5.41, 5.74) is 1.38. The van der Waals surface area contributed by atoms with Crippen molar-refractivity contribution in [3.05, 3.63) is 35.9 Å². The van der Waals surface area contributed by atoms with Crippen molar-refractivity contribution in [1.29, 1.82) is 0 Å². The number of rotatable bonds is 5. The van der Waals surface area contributed by atoms with Crippen LogP contribution in [0.4, 0.5) is 5.82 Å². The van der Waals surface area contributed by atoms with Gasteiger partial charge in [-0.2, -0.15) is 0 Å². The number of anilines is 1. The molecule has 0 aliphatic carbocycles. The number of nitrogens with one attached hydrogen (secondary N) is 1. The first-order chi connectivity index (χ1) is 10.0. The summed E-state index contributed by atoms with van der Waals surface area (Å²) in [5, 5.41) is 13.4. The Balaban J connectivity index is 2.47. The molecule has 0 radical (unpaired) electrons. The number of aliphatic hydroxyl groups excluding tert-OH is 1. The molecular formula is C16H21N3O2. The third kappa shape index (κ3) is 3.49. The van der Waals surface area contributed by atoms with Gasteiger partial charge in [-0.3, -0.25) is 4.79 Å². The summed E-state index contributed by atoms with van der Waals surface area (Å²) in [4.78, 5) is 18.6. The Morgan fingerprint density at radius 2 is 2.14 bits per heavy atom. The molecular weight excluding hydrogens is 266 g/mol. The number of pyridine rings is 1. The molecule has 1 unspecified atom stereocenters. The van der Waals surface area contributed by atoms with Crippen molar-refractivity contribution < 1.29 is 9.90 Å². The number of aliphatic hydroxyl groups is 1. The number of carbonyl (C=O) groups excluding carboxylic acids is 1. The molecule has 5 heteroatoms. The first-order valence-corrected chi connectivity index (χ1v) is 7.10. The van der Waals surface area contributed by atoms with E-state index in [4.69, 9.17) is 0 Å². The van der Waals surface area contributed by atoms with Gasteiger partial charge in [0.05, 0.1) is 17.2 Å². The van der Waals surface area contributed by atoms with Gasteiger partial charge < -0.3 is 15.3 Å². The number of carbonyl (C=O) groups is 1. The molecule has 112 valence electrons. The average molecular weight is 287 g/mol. The second-order valence-corrected chi connectivity index (χ2v) is 5.14. The highest BCUT2D eigenvalue weighted by Crippen LogP contribution is 2.22. The van der Waals surface area contributed by atoms with E-state index < -0.39 is 6.10 Å². The third-order valence-electron chi connectivity index (χ3n) is 3.19. The Bertz CT molecular complexity index is 640. The molecule has 0 aliphatic heterocycles. The summed E-state index contributed by atoms with van der Waals surface area (Å²) in [5.74, 6) is 0.568. The normalized spacial score (nSPS) is 12.2. The molecule has 0 aliphatic rings. The first kappa shape index (κ1) is 15.3. The molecule has 2 N–H and O–H groups in total. The number of nitrogens with zero attached hydrogens (tertiary/aromatic N) is 2. The van der Waals surface area contributed by atoms with E-state index in [1.807, 2.05) is 31.2 Å². The fourth-order valence-corrected chi connectivity index (χ4v) is 2.31. The lowest BCUT2D eigenvalue weighted by Crippen LogP contribution is -2.33. The number of benzene rings is 1. The number of hydrogen-bond acceptors (Lipinski definition) is 4. The van der Waals surface area contributed by atoms with E-state index in [1.165, 1.54) is 4.90 Å².